The Bertz CT molecular complexity index is 382. The van der Waals surface area contributed by atoms with Crippen LogP contribution in [-0.2, 0) is 11.3 Å². The predicted molar refractivity (Wildman–Crippen MR) is 48.3 cm³/mol. The van der Waals surface area contributed by atoms with E-state index < -0.39 is 22.2 Å². The maximum absolute atomic E-state index is 13.1. The molecule has 0 aliphatic heterocycles. The van der Waals surface area contributed by atoms with Gasteiger partial charge in [0.2, 0.25) is 5.82 Å². The standard InChI is InChI=1S/C9H9F2NO3/c1-2-15-5-6-3-4-7(10)8(11)9(6)12(13)14/h3-4H,2,5H2,1H3. The Kier molecular flexibility index (Phi) is 3.68. The van der Waals surface area contributed by atoms with Gasteiger partial charge in [-0.25, -0.2) is 4.39 Å². The van der Waals surface area contributed by atoms with Gasteiger partial charge in [0, 0.05) is 6.61 Å². The van der Waals surface area contributed by atoms with Crippen molar-refractivity contribution in [1.82, 2.24) is 0 Å². The van der Waals surface area contributed by atoms with Gasteiger partial charge in [0.05, 0.1) is 17.1 Å². The number of benzene rings is 1. The third-order valence-electron chi connectivity index (χ3n) is 1.80. The molecule has 0 N–H and O–H groups in total. The Morgan fingerprint density at radius 2 is 2.13 bits per heavy atom. The number of hydrogen-bond donors (Lipinski definition) is 0. The van der Waals surface area contributed by atoms with Crippen molar-refractivity contribution >= 4 is 5.69 Å². The quantitative estimate of drug-likeness (QED) is 0.574. The van der Waals surface area contributed by atoms with Crippen LogP contribution in [-0.4, -0.2) is 11.5 Å². The second kappa shape index (κ2) is 4.79. The van der Waals surface area contributed by atoms with Crippen molar-refractivity contribution in [2.75, 3.05) is 6.61 Å². The zero-order chi connectivity index (χ0) is 11.4. The molecule has 0 unspecified atom stereocenters. The minimum absolute atomic E-state index is 0.0285. The second-order valence-corrected chi connectivity index (χ2v) is 2.76. The van der Waals surface area contributed by atoms with Crippen LogP contribution in [0.2, 0.25) is 0 Å². The highest BCUT2D eigenvalue weighted by atomic mass is 19.2. The first-order chi connectivity index (χ1) is 7.07. The Hall–Kier alpha value is -1.56. The maximum atomic E-state index is 13.1. The van der Waals surface area contributed by atoms with E-state index in [1.54, 1.807) is 6.92 Å². The predicted octanol–water partition coefficient (Wildman–Crippen LogP) is 2.41. The van der Waals surface area contributed by atoms with Crippen molar-refractivity contribution < 1.29 is 18.4 Å². The number of halogens is 2. The van der Waals surface area contributed by atoms with E-state index in [-0.39, 0.29) is 12.2 Å². The SMILES string of the molecule is CCOCc1ccc(F)c(F)c1[N+](=O)[O-]. The highest BCUT2D eigenvalue weighted by molar-refractivity contribution is 5.41. The third-order valence-corrected chi connectivity index (χ3v) is 1.80. The Morgan fingerprint density at radius 1 is 1.47 bits per heavy atom. The zero-order valence-corrected chi connectivity index (χ0v) is 8.00. The summed E-state index contributed by atoms with van der Waals surface area (Å²) in [5.41, 5.74) is -0.829. The number of nitro benzene ring substituents is 1. The second-order valence-electron chi connectivity index (χ2n) is 2.76. The molecule has 0 aliphatic rings. The van der Waals surface area contributed by atoms with E-state index in [1.807, 2.05) is 0 Å². The van der Waals surface area contributed by atoms with Crippen molar-refractivity contribution in [3.63, 3.8) is 0 Å². The maximum Gasteiger partial charge on any atom is 0.313 e. The van der Waals surface area contributed by atoms with Crippen molar-refractivity contribution in [2.24, 2.45) is 0 Å². The van der Waals surface area contributed by atoms with Crippen LogP contribution >= 0.6 is 0 Å². The number of nitrogens with zero attached hydrogens (tertiary/aromatic N) is 1. The minimum Gasteiger partial charge on any atom is -0.377 e. The smallest absolute Gasteiger partial charge is 0.313 e. The highest BCUT2D eigenvalue weighted by Gasteiger charge is 2.23. The summed E-state index contributed by atoms with van der Waals surface area (Å²) in [6.07, 6.45) is 0. The molecule has 0 fully saturated rings. The third kappa shape index (κ3) is 2.47. The molecule has 0 heterocycles. The summed E-state index contributed by atoms with van der Waals surface area (Å²) in [5, 5.41) is 10.5. The summed E-state index contributed by atoms with van der Waals surface area (Å²) >= 11 is 0. The van der Waals surface area contributed by atoms with Gasteiger partial charge in [-0.3, -0.25) is 10.1 Å². The Morgan fingerprint density at radius 3 is 2.67 bits per heavy atom. The molecule has 15 heavy (non-hydrogen) atoms. The molecular weight excluding hydrogens is 208 g/mol. The molecule has 0 aliphatic carbocycles. The van der Waals surface area contributed by atoms with Gasteiger partial charge < -0.3 is 4.74 Å². The van der Waals surface area contributed by atoms with Crippen molar-refractivity contribution in [1.29, 1.82) is 0 Å². The first-order valence-corrected chi connectivity index (χ1v) is 4.27. The topological polar surface area (TPSA) is 52.4 Å². The number of rotatable bonds is 4. The molecule has 1 aromatic carbocycles. The van der Waals surface area contributed by atoms with Crippen LogP contribution in [0, 0.1) is 21.7 Å². The van der Waals surface area contributed by atoms with Gasteiger partial charge >= 0.3 is 5.69 Å². The summed E-state index contributed by atoms with van der Waals surface area (Å²) in [7, 11) is 0. The van der Waals surface area contributed by atoms with E-state index in [9.17, 15) is 18.9 Å². The fourth-order valence-corrected chi connectivity index (χ4v) is 1.11. The normalized spacial score (nSPS) is 10.3. The van der Waals surface area contributed by atoms with E-state index in [4.69, 9.17) is 4.74 Å². The minimum atomic E-state index is -1.45. The average Bonchev–Trinajstić information content (AvgIpc) is 2.19. The van der Waals surface area contributed by atoms with Gasteiger partial charge in [0.1, 0.15) is 0 Å². The number of ether oxygens (including phenoxy) is 1. The number of nitro groups is 1. The number of hydrogen-bond acceptors (Lipinski definition) is 3. The summed E-state index contributed by atoms with van der Waals surface area (Å²) in [4.78, 5) is 9.55. The van der Waals surface area contributed by atoms with Gasteiger partial charge in [-0.1, -0.05) is 0 Å². The molecule has 1 rings (SSSR count). The van der Waals surface area contributed by atoms with E-state index in [2.05, 4.69) is 0 Å². The van der Waals surface area contributed by atoms with Crippen LogP contribution in [0.1, 0.15) is 12.5 Å². The summed E-state index contributed by atoms with van der Waals surface area (Å²) in [5.74, 6) is -2.68. The van der Waals surface area contributed by atoms with Crippen molar-refractivity contribution in [3.05, 3.63) is 39.4 Å². The molecule has 1 aromatic rings. The molecule has 0 bridgehead atoms. The van der Waals surface area contributed by atoms with E-state index in [1.165, 1.54) is 0 Å². The van der Waals surface area contributed by atoms with Crippen LogP contribution < -0.4 is 0 Å². The molecule has 0 spiro atoms. The van der Waals surface area contributed by atoms with Crippen LogP contribution in [0.5, 0.6) is 0 Å². The van der Waals surface area contributed by atoms with Crippen molar-refractivity contribution in [2.45, 2.75) is 13.5 Å². The van der Waals surface area contributed by atoms with Crippen LogP contribution in [0.15, 0.2) is 12.1 Å². The molecule has 0 aromatic heterocycles. The Labute approximate surface area is 84.6 Å². The van der Waals surface area contributed by atoms with Gasteiger partial charge in [-0.15, -0.1) is 0 Å². The van der Waals surface area contributed by atoms with Gasteiger partial charge in [0.25, 0.3) is 0 Å². The first-order valence-electron chi connectivity index (χ1n) is 4.27. The molecule has 6 heteroatoms. The van der Waals surface area contributed by atoms with Crippen LogP contribution in [0.3, 0.4) is 0 Å². The molecular formula is C9H9F2NO3. The largest absolute Gasteiger partial charge is 0.377 e. The van der Waals surface area contributed by atoms with E-state index in [0.717, 1.165) is 12.1 Å². The summed E-state index contributed by atoms with van der Waals surface area (Å²) in [6.45, 7) is 1.94. The van der Waals surface area contributed by atoms with Crippen LogP contribution in [0.4, 0.5) is 14.5 Å². The lowest BCUT2D eigenvalue weighted by Crippen LogP contribution is -2.03. The molecule has 82 valence electrons. The molecule has 0 amide bonds. The lowest BCUT2D eigenvalue weighted by molar-refractivity contribution is -0.388. The summed E-state index contributed by atoms with van der Waals surface area (Å²) in [6, 6.07) is 1.99. The fourth-order valence-electron chi connectivity index (χ4n) is 1.11. The lowest BCUT2D eigenvalue weighted by Gasteiger charge is -2.04. The first kappa shape index (κ1) is 11.5. The van der Waals surface area contributed by atoms with Crippen LogP contribution in [0.25, 0.3) is 0 Å². The zero-order valence-electron chi connectivity index (χ0n) is 8.00. The molecule has 0 saturated carbocycles. The fraction of sp³-hybridized carbons (Fsp3) is 0.333. The highest BCUT2D eigenvalue weighted by Crippen LogP contribution is 2.25. The lowest BCUT2D eigenvalue weighted by atomic mass is 10.2. The summed E-state index contributed by atoms with van der Waals surface area (Å²) < 4.78 is 30.7. The van der Waals surface area contributed by atoms with Gasteiger partial charge in [-0.05, 0) is 19.1 Å². The molecule has 4 nitrogen and oxygen atoms in total. The van der Waals surface area contributed by atoms with Gasteiger partial charge in [-0.2, -0.15) is 4.39 Å². The van der Waals surface area contributed by atoms with E-state index in [0.29, 0.717) is 6.61 Å². The monoisotopic (exact) mass is 217 g/mol. The van der Waals surface area contributed by atoms with E-state index >= 15 is 0 Å². The average molecular weight is 217 g/mol. The Balaban J connectivity index is 3.15. The molecule has 0 atom stereocenters. The van der Waals surface area contributed by atoms with Gasteiger partial charge in [0.15, 0.2) is 5.82 Å². The molecule has 0 radical (unpaired) electrons. The van der Waals surface area contributed by atoms with Crippen molar-refractivity contribution in [3.8, 4) is 0 Å². The molecule has 0 saturated heterocycles.